The van der Waals surface area contributed by atoms with E-state index in [2.05, 4.69) is 18.3 Å². The van der Waals surface area contributed by atoms with Gasteiger partial charge in [0.05, 0.1) is 5.75 Å². The van der Waals surface area contributed by atoms with Crippen LogP contribution in [0.15, 0.2) is 18.2 Å². The van der Waals surface area contributed by atoms with Crippen LogP contribution in [0, 0.1) is 0 Å². The Labute approximate surface area is 126 Å². The van der Waals surface area contributed by atoms with E-state index in [4.69, 9.17) is 9.47 Å². The first kappa shape index (κ1) is 16.1. The Morgan fingerprint density at radius 3 is 2.81 bits per heavy atom. The number of rotatable bonds is 8. The number of fused-ring (bicyclic) bond motifs is 1. The maximum absolute atomic E-state index is 11.0. The van der Waals surface area contributed by atoms with Gasteiger partial charge in [-0.25, -0.2) is 8.42 Å². The van der Waals surface area contributed by atoms with Gasteiger partial charge in [0.2, 0.25) is 6.79 Å². The van der Waals surface area contributed by atoms with Gasteiger partial charge in [-0.05, 0) is 50.4 Å². The molecule has 118 valence electrons. The van der Waals surface area contributed by atoms with Crippen molar-refractivity contribution in [2.24, 2.45) is 0 Å². The van der Waals surface area contributed by atoms with E-state index in [-0.39, 0.29) is 5.75 Å². The molecule has 0 amide bonds. The highest BCUT2D eigenvalue weighted by atomic mass is 32.2. The molecule has 0 spiro atoms. The lowest BCUT2D eigenvalue weighted by molar-refractivity contribution is 0.174. The van der Waals surface area contributed by atoms with Crippen LogP contribution >= 0.6 is 0 Å². The summed E-state index contributed by atoms with van der Waals surface area (Å²) in [6.45, 7) is 3.15. The van der Waals surface area contributed by atoms with Gasteiger partial charge >= 0.3 is 0 Å². The van der Waals surface area contributed by atoms with Crippen molar-refractivity contribution < 1.29 is 17.9 Å². The van der Waals surface area contributed by atoms with Gasteiger partial charge in [0.15, 0.2) is 11.5 Å². The third-order valence-corrected chi connectivity index (χ3v) is 4.52. The fraction of sp³-hybridized carbons (Fsp3) is 0.600. The smallest absolute Gasteiger partial charge is 0.231 e. The first-order valence-corrected chi connectivity index (χ1v) is 9.30. The van der Waals surface area contributed by atoms with Crippen molar-refractivity contribution in [3.63, 3.8) is 0 Å². The molecule has 0 bridgehead atoms. The molecule has 6 heteroatoms. The Kier molecular flexibility index (Phi) is 5.47. The van der Waals surface area contributed by atoms with Crippen LogP contribution in [0.25, 0.3) is 0 Å². The second-order valence-electron chi connectivity index (χ2n) is 5.56. The Morgan fingerprint density at radius 1 is 1.29 bits per heavy atom. The van der Waals surface area contributed by atoms with E-state index in [1.165, 1.54) is 11.8 Å². The molecule has 1 unspecified atom stereocenters. The third-order valence-electron chi connectivity index (χ3n) is 3.49. The van der Waals surface area contributed by atoms with E-state index in [0.717, 1.165) is 30.9 Å². The van der Waals surface area contributed by atoms with Crippen LogP contribution in [0.5, 0.6) is 11.5 Å². The zero-order valence-electron chi connectivity index (χ0n) is 12.6. The molecule has 21 heavy (non-hydrogen) atoms. The Morgan fingerprint density at radius 2 is 2.05 bits per heavy atom. The monoisotopic (exact) mass is 313 g/mol. The summed E-state index contributed by atoms with van der Waals surface area (Å²) in [7, 11) is -2.85. The van der Waals surface area contributed by atoms with Crippen molar-refractivity contribution >= 4 is 9.84 Å². The van der Waals surface area contributed by atoms with Crippen LogP contribution < -0.4 is 14.8 Å². The molecule has 1 aliphatic heterocycles. The van der Waals surface area contributed by atoms with Gasteiger partial charge in [0.25, 0.3) is 0 Å². The molecule has 1 aromatic rings. The minimum Gasteiger partial charge on any atom is -0.454 e. The maximum Gasteiger partial charge on any atom is 0.231 e. The molecule has 1 atom stereocenters. The van der Waals surface area contributed by atoms with Gasteiger partial charge in [0, 0.05) is 12.3 Å². The first-order valence-electron chi connectivity index (χ1n) is 7.24. The summed E-state index contributed by atoms with van der Waals surface area (Å²) in [4.78, 5) is 0. The van der Waals surface area contributed by atoms with Crippen molar-refractivity contribution in [1.82, 2.24) is 5.32 Å². The quantitative estimate of drug-likeness (QED) is 0.741. The predicted molar refractivity (Wildman–Crippen MR) is 82.7 cm³/mol. The lowest BCUT2D eigenvalue weighted by atomic mass is 10.1. The molecule has 5 nitrogen and oxygen atoms in total. The Hall–Kier alpha value is -1.27. The summed E-state index contributed by atoms with van der Waals surface area (Å²) < 4.78 is 32.7. The van der Waals surface area contributed by atoms with Crippen molar-refractivity contribution in [3.05, 3.63) is 23.8 Å². The van der Waals surface area contributed by atoms with Crippen molar-refractivity contribution in [1.29, 1.82) is 0 Å². The molecule has 0 radical (unpaired) electrons. The zero-order valence-corrected chi connectivity index (χ0v) is 13.4. The fourth-order valence-electron chi connectivity index (χ4n) is 2.26. The number of sulfone groups is 1. The highest BCUT2D eigenvalue weighted by Gasteiger charge is 2.13. The summed E-state index contributed by atoms with van der Waals surface area (Å²) in [5.41, 5.74) is 1.23. The molecule has 0 saturated heterocycles. The van der Waals surface area contributed by atoms with Gasteiger partial charge in [-0.15, -0.1) is 0 Å². The minimum atomic E-state index is -2.85. The molecule has 1 aromatic carbocycles. The lowest BCUT2D eigenvalue weighted by Crippen LogP contribution is -2.28. The molecule has 1 heterocycles. The average molecular weight is 313 g/mol. The standard InChI is InChI=1S/C15H23NO4S/c1-12(16-8-3-9-21(2,17)18)4-5-13-6-7-14-15(10-13)20-11-19-14/h6-7,10,12,16H,3-5,8-9,11H2,1-2H3. The highest BCUT2D eigenvalue weighted by molar-refractivity contribution is 7.90. The lowest BCUT2D eigenvalue weighted by Gasteiger charge is -2.13. The normalized spacial score (nSPS) is 15.1. The second-order valence-corrected chi connectivity index (χ2v) is 7.82. The Bertz CT molecular complexity index is 571. The Balaban J connectivity index is 1.68. The SMILES string of the molecule is CC(CCc1ccc2c(c1)OCO2)NCCCS(C)(=O)=O. The molecular weight excluding hydrogens is 290 g/mol. The minimum absolute atomic E-state index is 0.245. The molecule has 0 fully saturated rings. The van der Waals surface area contributed by atoms with Gasteiger partial charge in [0.1, 0.15) is 9.84 Å². The van der Waals surface area contributed by atoms with E-state index in [1.54, 1.807) is 0 Å². The van der Waals surface area contributed by atoms with E-state index in [0.29, 0.717) is 19.3 Å². The number of hydrogen-bond acceptors (Lipinski definition) is 5. The first-order chi connectivity index (χ1) is 9.94. The zero-order chi connectivity index (χ0) is 15.3. The van der Waals surface area contributed by atoms with E-state index < -0.39 is 9.84 Å². The van der Waals surface area contributed by atoms with E-state index in [9.17, 15) is 8.42 Å². The molecule has 0 aliphatic carbocycles. The second kappa shape index (κ2) is 7.13. The fourth-order valence-corrected chi connectivity index (χ4v) is 2.93. The van der Waals surface area contributed by atoms with E-state index >= 15 is 0 Å². The van der Waals surface area contributed by atoms with Crippen LogP contribution in [0.4, 0.5) is 0 Å². The average Bonchev–Trinajstić information content (AvgIpc) is 2.87. The van der Waals surface area contributed by atoms with Crippen molar-refractivity contribution in [2.45, 2.75) is 32.2 Å². The van der Waals surface area contributed by atoms with Gasteiger partial charge in [-0.1, -0.05) is 6.07 Å². The van der Waals surface area contributed by atoms with Crippen LogP contribution in [-0.4, -0.2) is 39.8 Å². The number of hydrogen-bond donors (Lipinski definition) is 1. The van der Waals surface area contributed by atoms with Crippen molar-refractivity contribution in [2.75, 3.05) is 25.3 Å². The van der Waals surface area contributed by atoms with Crippen LogP contribution in [0.1, 0.15) is 25.3 Å². The van der Waals surface area contributed by atoms with Crippen LogP contribution in [0.3, 0.4) is 0 Å². The van der Waals surface area contributed by atoms with E-state index in [1.807, 2.05) is 12.1 Å². The van der Waals surface area contributed by atoms with Gasteiger partial charge < -0.3 is 14.8 Å². The summed E-state index contributed by atoms with van der Waals surface area (Å²) >= 11 is 0. The highest BCUT2D eigenvalue weighted by Crippen LogP contribution is 2.32. The van der Waals surface area contributed by atoms with Gasteiger partial charge in [-0.3, -0.25) is 0 Å². The third kappa shape index (κ3) is 5.55. The van der Waals surface area contributed by atoms with Crippen LogP contribution in [-0.2, 0) is 16.3 Å². The molecule has 1 aliphatic rings. The topological polar surface area (TPSA) is 64.6 Å². The number of aryl methyl sites for hydroxylation is 1. The summed E-state index contributed by atoms with van der Waals surface area (Å²) in [6, 6.07) is 6.39. The molecule has 0 saturated carbocycles. The molecule has 1 N–H and O–H groups in total. The number of benzene rings is 1. The number of ether oxygens (including phenoxy) is 2. The number of nitrogens with one attached hydrogen (secondary N) is 1. The summed E-state index contributed by atoms with van der Waals surface area (Å²) in [5, 5.41) is 3.36. The van der Waals surface area contributed by atoms with Gasteiger partial charge in [-0.2, -0.15) is 0 Å². The maximum atomic E-state index is 11.0. The molecule has 0 aromatic heterocycles. The van der Waals surface area contributed by atoms with Crippen LogP contribution in [0.2, 0.25) is 0 Å². The summed E-state index contributed by atoms with van der Waals surface area (Å²) in [5.74, 6) is 1.88. The largest absolute Gasteiger partial charge is 0.454 e. The molecular formula is C15H23NO4S. The molecule has 2 rings (SSSR count). The predicted octanol–water partition coefficient (Wildman–Crippen LogP) is 1.76. The van der Waals surface area contributed by atoms with Crippen molar-refractivity contribution in [3.8, 4) is 11.5 Å². The summed E-state index contributed by atoms with van der Waals surface area (Å²) in [6.07, 6.45) is 3.89.